The maximum absolute atomic E-state index is 11.7. The van der Waals surface area contributed by atoms with Gasteiger partial charge in [-0.15, -0.1) is 0 Å². The number of carbonyl (C=O) groups excluding carboxylic acids is 1. The van der Waals surface area contributed by atoms with Gasteiger partial charge >= 0.3 is 6.09 Å². The summed E-state index contributed by atoms with van der Waals surface area (Å²) in [4.78, 5) is 15.8. The van der Waals surface area contributed by atoms with Gasteiger partial charge in [0, 0.05) is 12.2 Å². The van der Waals surface area contributed by atoms with E-state index in [-0.39, 0.29) is 6.04 Å². The highest BCUT2D eigenvalue weighted by Crippen LogP contribution is 2.39. The molecule has 2 rings (SSSR count). The van der Waals surface area contributed by atoms with Crippen molar-refractivity contribution in [3.63, 3.8) is 0 Å². The summed E-state index contributed by atoms with van der Waals surface area (Å²) in [6, 6.07) is 3.73. The van der Waals surface area contributed by atoms with Crippen molar-refractivity contribution in [3.8, 4) is 0 Å². The second-order valence-corrected chi connectivity index (χ2v) is 5.96. The van der Waals surface area contributed by atoms with Gasteiger partial charge in [0.2, 0.25) is 0 Å². The highest BCUT2D eigenvalue weighted by molar-refractivity contribution is 5.83. The predicted octanol–water partition coefficient (Wildman–Crippen LogP) is 2.84. The molecule has 0 spiro atoms. The summed E-state index contributed by atoms with van der Waals surface area (Å²) in [5.41, 5.74) is 6.61. The molecule has 1 aliphatic rings. The molecule has 1 fully saturated rings. The average Bonchev–Trinajstić information content (AvgIpc) is 3.09. The van der Waals surface area contributed by atoms with Gasteiger partial charge in [-0.3, -0.25) is 5.32 Å². The number of ether oxygens (including phenoxy) is 1. The van der Waals surface area contributed by atoms with Crippen molar-refractivity contribution < 1.29 is 9.53 Å². The number of nitrogens with two attached hydrogens (primary N) is 1. The van der Waals surface area contributed by atoms with Crippen molar-refractivity contribution in [2.75, 3.05) is 5.32 Å². The Balaban J connectivity index is 2.00. The Hall–Kier alpha value is -1.62. The summed E-state index contributed by atoms with van der Waals surface area (Å²) < 4.78 is 5.18. The zero-order valence-corrected chi connectivity index (χ0v) is 11.6. The molecule has 0 radical (unpaired) electrons. The second-order valence-electron chi connectivity index (χ2n) is 5.96. The first kappa shape index (κ1) is 13.8. The van der Waals surface area contributed by atoms with Crippen molar-refractivity contribution in [1.82, 2.24) is 4.98 Å². The summed E-state index contributed by atoms with van der Waals surface area (Å²) in [6.45, 7) is 5.46. The highest BCUT2D eigenvalue weighted by Gasteiger charge is 2.29. The van der Waals surface area contributed by atoms with Gasteiger partial charge in [-0.25, -0.2) is 9.78 Å². The lowest BCUT2D eigenvalue weighted by Gasteiger charge is -2.19. The summed E-state index contributed by atoms with van der Waals surface area (Å²) in [5, 5.41) is 2.63. The smallest absolute Gasteiger partial charge is 0.413 e. The first-order valence-corrected chi connectivity index (χ1v) is 6.57. The maximum atomic E-state index is 11.7. The molecule has 1 saturated carbocycles. The van der Waals surface area contributed by atoms with Gasteiger partial charge in [-0.05, 0) is 57.2 Å². The Morgan fingerprint density at radius 2 is 2.21 bits per heavy atom. The van der Waals surface area contributed by atoms with Crippen LogP contribution in [0.25, 0.3) is 0 Å². The molecule has 1 aliphatic carbocycles. The van der Waals surface area contributed by atoms with Crippen LogP contribution >= 0.6 is 0 Å². The van der Waals surface area contributed by atoms with E-state index in [9.17, 15) is 4.79 Å². The maximum Gasteiger partial charge on any atom is 0.413 e. The van der Waals surface area contributed by atoms with Crippen molar-refractivity contribution in [2.45, 2.75) is 45.3 Å². The van der Waals surface area contributed by atoms with Crippen LogP contribution in [0.2, 0.25) is 0 Å². The summed E-state index contributed by atoms with van der Waals surface area (Å²) in [5.74, 6) is 1.04. The minimum Gasteiger partial charge on any atom is -0.444 e. The van der Waals surface area contributed by atoms with Crippen LogP contribution in [-0.2, 0) is 4.74 Å². The van der Waals surface area contributed by atoms with E-state index in [1.807, 2.05) is 32.9 Å². The average molecular weight is 263 g/mol. The van der Waals surface area contributed by atoms with E-state index in [1.165, 1.54) is 12.8 Å². The number of rotatable bonds is 3. The number of nitrogens with one attached hydrogen (secondary N) is 1. The number of hydrogen-bond donors (Lipinski definition) is 2. The molecule has 0 aliphatic heterocycles. The number of aromatic nitrogens is 1. The van der Waals surface area contributed by atoms with E-state index in [2.05, 4.69) is 10.3 Å². The number of anilines is 1. The molecular weight excluding hydrogens is 242 g/mol. The third-order valence-electron chi connectivity index (χ3n) is 2.93. The van der Waals surface area contributed by atoms with Gasteiger partial charge in [0.15, 0.2) is 0 Å². The van der Waals surface area contributed by atoms with Crippen LogP contribution in [0.4, 0.5) is 10.6 Å². The third kappa shape index (κ3) is 4.21. The fraction of sp³-hybridized carbons (Fsp3) is 0.571. The molecule has 0 saturated heterocycles. The molecule has 104 valence electrons. The number of amides is 1. The van der Waals surface area contributed by atoms with Crippen LogP contribution in [-0.4, -0.2) is 16.7 Å². The van der Waals surface area contributed by atoms with Gasteiger partial charge in [0.25, 0.3) is 0 Å². The molecule has 1 aromatic heterocycles. The zero-order chi connectivity index (χ0) is 14.0. The van der Waals surface area contributed by atoms with Gasteiger partial charge in [0.1, 0.15) is 11.4 Å². The Morgan fingerprint density at radius 3 is 2.79 bits per heavy atom. The molecule has 1 atom stereocenters. The van der Waals surface area contributed by atoms with E-state index in [1.54, 1.807) is 6.20 Å². The Bertz CT molecular complexity index is 464. The second kappa shape index (κ2) is 5.17. The standard InChI is InChI=1S/C14H21N3O2/c1-14(2,3)19-13(18)17-11-8-10(6-7-16-11)12(15)9-4-5-9/h6-9,12H,4-5,15H2,1-3H3,(H,16,17,18)/t12-/m1/s1. The topological polar surface area (TPSA) is 77.2 Å². The van der Waals surface area contributed by atoms with Crippen molar-refractivity contribution in [3.05, 3.63) is 23.9 Å². The molecule has 0 bridgehead atoms. The van der Waals surface area contributed by atoms with Crippen LogP contribution in [0, 0.1) is 5.92 Å². The largest absolute Gasteiger partial charge is 0.444 e. The zero-order valence-electron chi connectivity index (χ0n) is 11.6. The van der Waals surface area contributed by atoms with E-state index >= 15 is 0 Å². The van der Waals surface area contributed by atoms with Crippen molar-refractivity contribution >= 4 is 11.9 Å². The summed E-state index contributed by atoms with van der Waals surface area (Å²) in [7, 11) is 0. The summed E-state index contributed by atoms with van der Waals surface area (Å²) in [6.07, 6.45) is 3.51. The normalized spacial score (nSPS) is 16.8. The predicted molar refractivity (Wildman–Crippen MR) is 73.7 cm³/mol. The number of pyridine rings is 1. The molecule has 0 aromatic carbocycles. The fourth-order valence-electron chi connectivity index (χ4n) is 1.86. The van der Waals surface area contributed by atoms with Crippen LogP contribution in [0.3, 0.4) is 0 Å². The van der Waals surface area contributed by atoms with Gasteiger partial charge in [-0.2, -0.15) is 0 Å². The lowest BCUT2D eigenvalue weighted by atomic mass is 10.1. The molecule has 19 heavy (non-hydrogen) atoms. The molecule has 5 heteroatoms. The number of carbonyl (C=O) groups is 1. The molecule has 5 nitrogen and oxygen atoms in total. The fourth-order valence-corrected chi connectivity index (χ4v) is 1.86. The quantitative estimate of drug-likeness (QED) is 0.879. The first-order chi connectivity index (χ1) is 8.85. The van der Waals surface area contributed by atoms with E-state index in [4.69, 9.17) is 10.5 Å². The molecule has 0 unspecified atom stereocenters. The molecule has 3 N–H and O–H groups in total. The Labute approximate surface area is 113 Å². The van der Waals surface area contributed by atoms with Crippen LogP contribution in [0.15, 0.2) is 18.3 Å². The monoisotopic (exact) mass is 263 g/mol. The van der Waals surface area contributed by atoms with Gasteiger partial charge in [-0.1, -0.05) is 0 Å². The van der Waals surface area contributed by atoms with Crippen molar-refractivity contribution in [2.24, 2.45) is 11.7 Å². The lowest BCUT2D eigenvalue weighted by Crippen LogP contribution is -2.27. The lowest BCUT2D eigenvalue weighted by molar-refractivity contribution is 0.0635. The number of nitrogens with zero attached hydrogens (tertiary/aromatic N) is 1. The van der Waals surface area contributed by atoms with Gasteiger partial charge in [0.05, 0.1) is 0 Å². The first-order valence-electron chi connectivity index (χ1n) is 6.57. The van der Waals surface area contributed by atoms with E-state index < -0.39 is 11.7 Å². The third-order valence-corrected chi connectivity index (χ3v) is 2.93. The Kier molecular flexibility index (Phi) is 3.75. The SMILES string of the molecule is CC(C)(C)OC(=O)Nc1cc([C@H](N)C2CC2)ccn1. The molecular formula is C14H21N3O2. The minimum atomic E-state index is -0.522. The Morgan fingerprint density at radius 1 is 1.53 bits per heavy atom. The molecule has 1 amide bonds. The van der Waals surface area contributed by atoms with Crippen LogP contribution in [0.1, 0.15) is 45.2 Å². The minimum absolute atomic E-state index is 0.0298. The van der Waals surface area contributed by atoms with Crippen LogP contribution < -0.4 is 11.1 Å². The van der Waals surface area contributed by atoms with Crippen molar-refractivity contribution in [1.29, 1.82) is 0 Å². The summed E-state index contributed by atoms with van der Waals surface area (Å²) >= 11 is 0. The molecule has 1 heterocycles. The number of hydrogen-bond acceptors (Lipinski definition) is 4. The van der Waals surface area contributed by atoms with Gasteiger partial charge < -0.3 is 10.5 Å². The highest BCUT2D eigenvalue weighted by atomic mass is 16.6. The molecule has 1 aromatic rings. The van der Waals surface area contributed by atoms with Crippen LogP contribution in [0.5, 0.6) is 0 Å². The van der Waals surface area contributed by atoms with E-state index in [0.717, 1.165) is 5.56 Å². The van der Waals surface area contributed by atoms with E-state index in [0.29, 0.717) is 11.7 Å².